The molecule has 4 nitrogen and oxygen atoms in total. The number of hydrogen-bond acceptors (Lipinski definition) is 5. The number of carbonyl (C=O) groups excluding carboxylic acids is 1. The minimum absolute atomic E-state index is 0.0445. The highest BCUT2D eigenvalue weighted by molar-refractivity contribution is 7.99. The number of aliphatic hydroxyl groups excluding tert-OH is 1. The van der Waals surface area contributed by atoms with Crippen LogP contribution in [-0.2, 0) is 14.3 Å². The van der Waals surface area contributed by atoms with Crippen LogP contribution in [0.25, 0.3) is 0 Å². The first-order valence-electron chi connectivity index (χ1n) is 6.26. The summed E-state index contributed by atoms with van der Waals surface area (Å²) in [6.07, 6.45) is -1.33. The summed E-state index contributed by atoms with van der Waals surface area (Å²) < 4.78 is 10.9. The molecule has 1 aliphatic heterocycles. The Morgan fingerprint density at radius 2 is 2.11 bits per heavy atom. The molecule has 1 saturated heterocycles. The molecule has 5 heteroatoms. The zero-order chi connectivity index (χ0) is 13.8. The van der Waals surface area contributed by atoms with Crippen molar-refractivity contribution in [2.24, 2.45) is 5.92 Å². The Morgan fingerprint density at radius 1 is 1.42 bits per heavy atom. The van der Waals surface area contributed by atoms with Crippen molar-refractivity contribution in [2.75, 3.05) is 6.61 Å². The average Bonchev–Trinajstić information content (AvgIpc) is 2.39. The van der Waals surface area contributed by atoms with Gasteiger partial charge in [-0.1, -0.05) is 36.9 Å². The van der Waals surface area contributed by atoms with Gasteiger partial charge in [-0.05, 0) is 12.1 Å². The number of benzene rings is 1. The van der Waals surface area contributed by atoms with Gasteiger partial charge >= 0.3 is 5.97 Å². The van der Waals surface area contributed by atoms with Crippen LogP contribution in [-0.4, -0.2) is 35.3 Å². The van der Waals surface area contributed by atoms with Crippen LogP contribution in [0.2, 0.25) is 0 Å². The molecule has 1 fully saturated rings. The molecule has 19 heavy (non-hydrogen) atoms. The van der Waals surface area contributed by atoms with Gasteiger partial charge < -0.3 is 14.6 Å². The standard InChI is InChI=1S/C14H18O4S/c1-9-8-17-14(13(12(9)16)18-10(2)15)19-11-6-4-3-5-7-11/h3-7,9,12-14,16H,8H2,1-2H3. The Balaban J connectivity index is 2.10. The smallest absolute Gasteiger partial charge is 0.303 e. The maximum atomic E-state index is 11.2. The van der Waals surface area contributed by atoms with E-state index in [1.807, 2.05) is 37.3 Å². The average molecular weight is 282 g/mol. The lowest BCUT2D eigenvalue weighted by molar-refractivity contribution is -0.177. The van der Waals surface area contributed by atoms with E-state index in [1.54, 1.807) is 0 Å². The van der Waals surface area contributed by atoms with Crippen molar-refractivity contribution in [1.29, 1.82) is 0 Å². The molecule has 0 saturated carbocycles. The Kier molecular flexibility index (Phi) is 4.85. The first-order valence-corrected chi connectivity index (χ1v) is 7.14. The molecule has 1 N–H and O–H groups in total. The Bertz CT molecular complexity index is 423. The van der Waals surface area contributed by atoms with E-state index < -0.39 is 18.2 Å². The van der Waals surface area contributed by atoms with Crippen molar-refractivity contribution in [1.82, 2.24) is 0 Å². The van der Waals surface area contributed by atoms with E-state index in [0.717, 1.165) is 4.90 Å². The summed E-state index contributed by atoms with van der Waals surface area (Å²) in [6.45, 7) is 3.68. The van der Waals surface area contributed by atoms with E-state index >= 15 is 0 Å². The Morgan fingerprint density at radius 3 is 2.74 bits per heavy atom. The van der Waals surface area contributed by atoms with Crippen LogP contribution in [0.5, 0.6) is 0 Å². The van der Waals surface area contributed by atoms with Gasteiger partial charge in [0.15, 0.2) is 6.10 Å². The van der Waals surface area contributed by atoms with E-state index in [0.29, 0.717) is 6.61 Å². The molecule has 1 heterocycles. The van der Waals surface area contributed by atoms with Crippen LogP contribution in [0, 0.1) is 5.92 Å². The highest BCUT2D eigenvalue weighted by atomic mass is 32.2. The lowest BCUT2D eigenvalue weighted by Crippen LogP contribution is -2.49. The Labute approximate surface area is 117 Å². The van der Waals surface area contributed by atoms with Crippen molar-refractivity contribution in [3.05, 3.63) is 30.3 Å². The van der Waals surface area contributed by atoms with Crippen molar-refractivity contribution in [3.8, 4) is 0 Å². The summed E-state index contributed by atoms with van der Waals surface area (Å²) in [5, 5.41) is 10.2. The minimum Gasteiger partial charge on any atom is -0.456 e. The molecule has 1 aromatic carbocycles. The fourth-order valence-corrected chi connectivity index (χ4v) is 3.06. The number of hydrogen-bond donors (Lipinski definition) is 1. The van der Waals surface area contributed by atoms with Gasteiger partial charge in [-0.15, -0.1) is 0 Å². The molecule has 1 aliphatic rings. The molecule has 0 spiro atoms. The SMILES string of the molecule is CC(=O)OC1C(Sc2ccccc2)OCC(C)C1O. The molecule has 4 atom stereocenters. The third kappa shape index (κ3) is 3.72. The third-order valence-corrected chi connectivity index (χ3v) is 4.19. The van der Waals surface area contributed by atoms with Gasteiger partial charge in [-0.2, -0.15) is 0 Å². The van der Waals surface area contributed by atoms with E-state index in [1.165, 1.54) is 18.7 Å². The molecule has 0 amide bonds. The molecule has 0 radical (unpaired) electrons. The lowest BCUT2D eigenvalue weighted by Gasteiger charge is -2.37. The van der Waals surface area contributed by atoms with Crippen LogP contribution < -0.4 is 0 Å². The fraction of sp³-hybridized carbons (Fsp3) is 0.500. The minimum atomic E-state index is -0.695. The molecule has 0 aromatic heterocycles. The summed E-state index contributed by atoms with van der Waals surface area (Å²) in [5.41, 5.74) is -0.377. The van der Waals surface area contributed by atoms with Gasteiger partial charge in [0.05, 0.1) is 12.7 Å². The van der Waals surface area contributed by atoms with E-state index in [-0.39, 0.29) is 11.4 Å². The molecular weight excluding hydrogens is 264 g/mol. The maximum Gasteiger partial charge on any atom is 0.303 e. The van der Waals surface area contributed by atoms with Crippen LogP contribution in [0.3, 0.4) is 0 Å². The second-order valence-corrected chi connectivity index (χ2v) is 5.85. The van der Waals surface area contributed by atoms with Crippen molar-refractivity contribution < 1.29 is 19.4 Å². The fourth-order valence-electron chi connectivity index (χ4n) is 1.98. The topological polar surface area (TPSA) is 55.8 Å². The molecule has 104 valence electrons. The molecule has 4 unspecified atom stereocenters. The van der Waals surface area contributed by atoms with Crippen LogP contribution >= 0.6 is 11.8 Å². The van der Waals surface area contributed by atoms with Crippen LogP contribution in [0.1, 0.15) is 13.8 Å². The highest BCUT2D eigenvalue weighted by Crippen LogP contribution is 2.34. The predicted molar refractivity (Wildman–Crippen MR) is 72.8 cm³/mol. The van der Waals surface area contributed by atoms with Gasteiger partial charge in [0.1, 0.15) is 5.44 Å². The highest BCUT2D eigenvalue weighted by Gasteiger charge is 2.40. The van der Waals surface area contributed by atoms with Crippen molar-refractivity contribution >= 4 is 17.7 Å². The molecule has 0 bridgehead atoms. The zero-order valence-corrected chi connectivity index (χ0v) is 11.8. The van der Waals surface area contributed by atoms with E-state index in [9.17, 15) is 9.90 Å². The van der Waals surface area contributed by atoms with Gasteiger partial charge in [0.25, 0.3) is 0 Å². The Hall–Kier alpha value is -1.04. The normalized spacial score (nSPS) is 30.9. The van der Waals surface area contributed by atoms with Gasteiger partial charge in [-0.25, -0.2) is 0 Å². The van der Waals surface area contributed by atoms with Crippen LogP contribution in [0.15, 0.2) is 35.2 Å². The second-order valence-electron chi connectivity index (χ2n) is 4.67. The van der Waals surface area contributed by atoms with Crippen molar-refractivity contribution in [3.63, 3.8) is 0 Å². The summed E-state index contributed by atoms with van der Waals surface area (Å²) in [7, 11) is 0. The molecular formula is C14H18O4S. The van der Waals surface area contributed by atoms with Crippen LogP contribution in [0.4, 0.5) is 0 Å². The predicted octanol–water partition coefficient (Wildman–Crippen LogP) is 2.06. The van der Waals surface area contributed by atoms with Gasteiger partial charge in [-0.3, -0.25) is 4.79 Å². The number of thioether (sulfide) groups is 1. The second kappa shape index (κ2) is 6.41. The maximum absolute atomic E-state index is 11.2. The van der Waals surface area contributed by atoms with Gasteiger partial charge in [0, 0.05) is 17.7 Å². The van der Waals surface area contributed by atoms with E-state index in [4.69, 9.17) is 9.47 Å². The first kappa shape index (κ1) is 14.4. The van der Waals surface area contributed by atoms with Gasteiger partial charge in [0.2, 0.25) is 0 Å². The zero-order valence-electron chi connectivity index (χ0n) is 11.0. The molecule has 1 aromatic rings. The summed E-state index contributed by atoms with van der Waals surface area (Å²) in [6, 6.07) is 9.73. The summed E-state index contributed by atoms with van der Waals surface area (Å²) >= 11 is 1.46. The summed E-state index contributed by atoms with van der Waals surface area (Å²) in [4.78, 5) is 12.2. The lowest BCUT2D eigenvalue weighted by atomic mass is 9.98. The monoisotopic (exact) mass is 282 g/mol. The summed E-state index contributed by atoms with van der Waals surface area (Å²) in [5.74, 6) is -0.447. The number of carbonyl (C=O) groups is 1. The number of ether oxygens (including phenoxy) is 2. The number of esters is 1. The third-order valence-electron chi connectivity index (χ3n) is 3.01. The quantitative estimate of drug-likeness (QED) is 0.860. The first-order chi connectivity index (χ1) is 9.08. The molecule has 2 rings (SSSR count). The number of aliphatic hydroxyl groups is 1. The van der Waals surface area contributed by atoms with E-state index in [2.05, 4.69) is 0 Å². The number of rotatable bonds is 3. The largest absolute Gasteiger partial charge is 0.456 e. The van der Waals surface area contributed by atoms with Crippen molar-refractivity contribution in [2.45, 2.75) is 36.4 Å². The molecule has 0 aliphatic carbocycles.